The number of hydrogen-bond donors (Lipinski definition) is 10. The zero-order valence-electron chi connectivity index (χ0n) is 44.2. The second-order valence-corrected chi connectivity index (χ2v) is 20.1. The van der Waals surface area contributed by atoms with Crippen molar-refractivity contribution in [3.8, 4) is 23.0 Å². The van der Waals surface area contributed by atoms with Crippen molar-refractivity contribution >= 4 is 46.2 Å². The number of benzene rings is 2. The van der Waals surface area contributed by atoms with Crippen molar-refractivity contribution in [2.75, 3.05) is 19.5 Å². The fraction of sp³-hybridized carbons (Fsp3) is 0.396. The van der Waals surface area contributed by atoms with Crippen molar-refractivity contribution in [2.45, 2.75) is 122 Å². The van der Waals surface area contributed by atoms with Crippen LogP contribution in [0.4, 0.5) is 5.69 Å². The molecule has 0 aliphatic carbocycles. The van der Waals surface area contributed by atoms with Gasteiger partial charge in [-0.15, -0.1) is 0 Å². The van der Waals surface area contributed by atoms with Gasteiger partial charge in [0.05, 0.1) is 22.2 Å². The molecule has 6 aromatic rings. The fourth-order valence-corrected chi connectivity index (χ4v) is 9.71. The first-order valence-electron chi connectivity index (χ1n) is 24.6. The predicted octanol–water partition coefficient (Wildman–Crippen LogP) is 3.96. The number of aromatic nitrogens is 4. The van der Waals surface area contributed by atoms with Crippen LogP contribution >= 0.6 is 0 Å². The predicted molar refractivity (Wildman–Crippen MR) is 272 cm³/mol. The molecule has 2 saturated heterocycles. The number of H-pyrrole nitrogens is 3. The van der Waals surface area contributed by atoms with Gasteiger partial charge in [0, 0.05) is 42.8 Å². The third kappa shape index (κ3) is 10.5. The Bertz CT molecular complexity index is 3460. The monoisotopic (exact) mass is 1100 g/mol. The molecule has 10 N–H and O–H groups in total. The van der Waals surface area contributed by atoms with Gasteiger partial charge in [-0.05, 0) is 104 Å². The zero-order valence-corrected chi connectivity index (χ0v) is 44.2. The molecule has 26 nitrogen and oxygen atoms in total. The van der Waals surface area contributed by atoms with Crippen LogP contribution in [0.15, 0.2) is 69.5 Å². The second kappa shape index (κ2) is 21.2. The van der Waals surface area contributed by atoms with Crippen LogP contribution in [0.1, 0.15) is 97.7 Å². The van der Waals surface area contributed by atoms with Gasteiger partial charge in [-0.1, -0.05) is 0 Å². The largest absolute Gasteiger partial charge is 0.505 e. The lowest BCUT2D eigenvalue weighted by Crippen LogP contribution is -2.65. The van der Waals surface area contributed by atoms with Gasteiger partial charge in [0.2, 0.25) is 18.9 Å². The highest BCUT2D eigenvalue weighted by atomic mass is 16.7. The van der Waals surface area contributed by atoms with Crippen LogP contribution in [-0.4, -0.2) is 150 Å². The number of aromatic hydroxyl groups is 1. The van der Waals surface area contributed by atoms with E-state index in [0.29, 0.717) is 5.69 Å². The van der Waals surface area contributed by atoms with Crippen LogP contribution in [0.2, 0.25) is 0 Å². The highest BCUT2D eigenvalue weighted by molar-refractivity contribution is 6.07. The van der Waals surface area contributed by atoms with Crippen LogP contribution in [0.5, 0.6) is 23.0 Å². The second-order valence-electron chi connectivity index (χ2n) is 20.1. The summed E-state index contributed by atoms with van der Waals surface area (Å²) < 4.78 is 58.4. The molecule has 26 heteroatoms. The molecule has 9 unspecified atom stereocenters. The Balaban J connectivity index is 0.866. The highest BCUT2D eigenvalue weighted by Crippen LogP contribution is 2.43. The smallest absolute Gasteiger partial charge is 0.364 e. The number of methoxy groups -OCH3 is 2. The molecule has 9 atom stereocenters. The number of aliphatic hydroxyl groups is 4. The summed E-state index contributed by atoms with van der Waals surface area (Å²) in [6, 6.07) is 12.9. The van der Waals surface area contributed by atoms with Gasteiger partial charge in [-0.25, -0.2) is 14.4 Å². The van der Waals surface area contributed by atoms with Gasteiger partial charge in [-0.2, -0.15) is 5.10 Å². The van der Waals surface area contributed by atoms with Crippen molar-refractivity contribution in [2.24, 2.45) is 0 Å². The minimum absolute atomic E-state index is 0.0111. The molecule has 2 aromatic carbocycles. The van der Waals surface area contributed by atoms with Crippen LogP contribution < -0.4 is 30.5 Å². The SMILES string of the molecule is COC1C(OC(=O)c2ccc(C)[nH]2)C(O)C(Oc2ccc3c(c2C)OC(O)C(NC(=O)c2cc(C(=O)Nc4c(O)c5ccc(OC6OC(C)(C)C(OC)C(OC(=O)c7ccc(C)[nH]7)C6O)c(C)c5oc4=O)[nH]n2)=C3O)OC1(C)C. The molecule has 2 amide bonds. The number of aliphatic hydroxyl groups excluding tert-OH is 4. The number of nitrogens with one attached hydrogen (secondary N) is 5. The van der Waals surface area contributed by atoms with E-state index in [0.717, 1.165) is 11.8 Å². The molecule has 7 heterocycles. The van der Waals surface area contributed by atoms with Crippen molar-refractivity contribution in [1.82, 2.24) is 25.5 Å². The molecule has 0 bridgehead atoms. The Hall–Kier alpha value is -8.24. The number of esters is 2. The first-order valence-corrected chi connectivity index (χ1v) is 24.6. The zero-order chi connectivity index (χ0) is 57.2. The molecule has 420 valence electrons. The Morgan fingerprint density at radius 2 is 1.22 bits per heavy atom. The van der Waals surface area contributed by atoms with Gasteiger partial charge >= 0.3 is 17.6 Å². The number of fused-ring (bicyclic) bond motifs is 2. The fourth-order valence-electron chi connectivity index (χ4n) is 9.71. The molecule has 0 radical (unpaired) electrons. The lowest BCUT2D eigenvalue weighted by atomic mass is 9.89. The Morgan fingerprint density at radius 1 is 0.684 bits per heavy atom. The third-order valence-corrected chi connectivity index (χ3v) is 13.8. The van der Waals surface area contributed by atoms with E-state index >= 15 is 0 Å². The van der Waals surface area contributed by atoms with Gasteiger partial charge in [0.25, 0.3) is 11.8 Å². The van der Waals surface area contributed by atoms with E-state index in [-0.39, 0.29) is 62.0 Å². The third-order valence-electron chi connectivity index (χ3n) is 13.8. The quantitative estimate of drug-likeness (QED) is 0.0545. The van der Waals surface area contributed by atoms with E-state index in [1.165, 1.54) is 58.4 Å². The number of ether oxygens (including phenoxy) is 9. The van der Waals surface area contributed by atoms with Crippen LogP contribution in [0, 0.1) is 27.7 Å². The molecule has 2 fully saturated rings. The van der Waals surface area contributed by atoms with Gasteiger partial charge in [0.15, 0.2) is 47.3 Å². The summed E-state index contributed by atoms with van der Waals surface area (Å²) in [5.41, 5.74) is -3.51. The van der Waals surface area contributed by atoms with E-state index < -0.39 is 125 Å². The van der Waals surface area contributed by atoms with Crippen LogP contribution in [-0.2, 0) is 28.4 Å². The molecular formula is C53H58N6O20. The minimum atomic E-state index is -1.97. The summed E-state index contributed by atoms with van der Waals surface area (Å²) in [6.07, 6.45) is -12.4. The average Bonchev–Trinajstić information content (AvgIpc) is 4.35. The highest BCUT2D eigenvalue weighted by Gasteiger charge is 2.55. The van der Waals surface area contributed by atoms with Crippen LogP contribution in [0.25, 0.3) is 16.7 Å². The number of aryl methyl sites for hydroxylation is 3. The van der Waals surface area contributed by atoms with Crippen LogP contribution in [0.3, 0.4) is 0 Å². The van der Waals surface area contributed by atoms with Crippen molar-refractivity contribution in [1.29, 1.82) is 0 Å². The maximum Gasteiger partial charge on any atom is 0.364 e. The van der Waals surface area contributed by atoms with E-state index in [9.17, 15) is 49.5 Å². The lowest BCUT2D eigenvalue weighted by Gasteiger charge is -2.47. The standard InChI is InChI=1S/C53H58N6O20/c1-20-11-15-26(54-20)46(66)76-40-36(62)50(78-52(5,6)42(40)70-9)72-30-17-13-24-34(60)32(48(68)74-38(24)22(30)3)56-44(64)28-19-29(59-58-28)45(65)57-33-35(61)25-14-18-31(23(4)39(25)75-49(33)69)73-51-37(63)41(43(71-10)53(7,8)79-51)77-47(67)27-16-12-21(2)55-27/h11-19,36-37,40-43,48,50-51,54-55,60-63,68H,1-10H3,(H,56,64)(H,57,65)(H,58,59). The number of amides is 2. The first kappa shape index (κ1) is 55.5. The molecule has 79 heavy (non-hydrogen) atoms. The summed E-state index contributed by atoms with van der Waals surface area (Å²) in [7, 11) is 2.76. The van der Waals surface area contributed by atoms with Gasteiger partial charge in [-0.3, -0.25) is 14.7 Å². The van der Waals surface area contributed by atoms with E-state index in [1.807, 2.05) is 0 Å². The summed E-state index contributed by atoms with van der Waals surface area (Å²) in [4.78, 5) is 72.3. The summed E-state index contributed by atoms with van der Waals surface area (Å²) in [5, 5.41) is 67.5. The minimum Gasteiger partial charge on any atom is -0.505 e. The summed E-state index contributed by atoms with van der Waals surface area (Å²) in [5.74, 6) is -4.82. The number of anilines is 1. The Kier molecular flexibility index (Phi) is 14.9. The van der Waals surface area contributed by atoms with Crippen molar-refractivity contribution < 1.29 is 91.8 Å². The normalized spacial score (nSPS) is 24.2. The van der Waals surface area contributed by atoms with Gasteiger partial charge < -0.3 is 93.2 Å². The average molecular weight is 1100 g/mol. The van der Waals surface area contributed by atoms with Crippen molar-refractivity contribution in [3.05, 3.63) is 122 Å². The maximum atomic E-state index is 13.5. The molecule has 0 saturated carbocycles. The summed E-state index contributed by atoms with van der Waals surface area (Å²) in [6.45, 7) is 13.2. The number of carbonyl (C=O) groups is 4. The number of nitrogens with zero attached hydrogens (tertiary/aromatic N) is 1. The summed E-state index contributed by atoms with van der Waals surface area (Å²) >= 11 is 0. The number of rotatable bonds is 14. The topological polar surface area (TPSA) is 367 Å². The molecule has 4 aromatic heterocycles. The van der Waals surface area contributed by atoms with Crippen molar-refractivity contribution in [3.63, 3.8) is 0 Å². The van der Waals surface area contributed by atoms with E-state index in [4.69, 9.17) is 47.0 Å². The molecule has 0 spiro atoms. The number of aromatic amines is 3. The van der Waals surface area contributed by atoms with Gasteiger partial charge in [0.1, 0.15) is 57.8 Å². The lowest BCUT2D eigenvalue weighted by molar-refractivity contribution is -0.305. The first-order chi connectivity index (χ1) is 37.3. The number of hydrogen-bond acceptors (Lipinski definition) is 21. The van der Waals surface area contributed by atoms with E-state index in [2.05, 4.69) is 30.8 Å². The molecule has 3 aliphatic heterocycles. The number of carbonyl (C=O) groups excluding carboxylic acids is 4. The molecule has 9 rings (SSSR count). The molecule has 3 aliphatic rings. The van der Waals surface area contributed by atoms with E-state index in [1.54, 1.807) is 59.7 Å². The Labute approximate surface area is 448 Å². The Morgan fingerprint density at radius 3 is 1.73 bits per heavy atom. The molecular weight excluding hydrogens is 1040 g/mol. The maximum absolute atomic E-state index is 13.5.